The van der Waals surface area contributed by atoms with Gasteiger partial charge in [-0.15, -0.1) is 0 Å². The molecule has 50 heavy (non-hydrogen) atoms. The molecule has 2 aliphatic rings. The molecule has 0 unspecified atom stereocenters. The number of hydrogen-bond donors (Lipinski definition) is 0. The number of anilines is 1. The molecule has 258 valence electrons. The van der Waals surface area contributed by atoms with Crippen molar-refractivity contribution < 1.29 is 8.82 Å². The Labute approximate surface area is 299 Å². The molecule has 0 N–H and O–H groups in total. The molecule has 0 radical (unpaired) electrons. The Kier molecular flexibility index (Phi) is 9.30. The average Bonchev–Trinajstić information content (AvgIpc) is 3.94. The maximum absolute atomic E-state index is 16.4. The van der Waals surface area contributed by atoms with Gasteiger partial charge in [0.05, 0.1) is 21.7 Å². The van der Waals surface area contributed by atoms with Gasteiger partial charge in [0.2, 0.25) is 0 Å². The van der Waals surface area contributed by atoms with Crippen LogP contribution in [0.15, 0.2) is 102 Å². The first-order valence-electron chi connectivity index (χ1n) is 17.4. The SMILES string of the molecule is CC=CN1CCN(c2nc(=O)n(CC3CC3)c3nc(-c4c(F)cccc4O[Si](c4ccccc4)(c4ccccc4)C(C)(C)C)c(Cl)cc23)CC1. The second-order valence-corrected chi connectivity index (χ2v) is 19.0. The fourth-order valence-corrected chi connectivity index (χ4v) is 11.9. The van der Waals surface area contributed by atoms with Gasteiger partial charge < -0.3 is 14.2 Å². The zero-order valence-electron chi connectivity index (χ0n) is 29.1. The highest BCUT2D eigenvalue weighted by molar-refractivity contribution is 7.00. The number of benzene rings is 3. The molecular formula is C40H43ClFN5O2Si. The Morgan fingerprint density at radius 1 is 0.920 bits per heavy atom. The summed E-state index contributed by atoms with van der Waals surface area (Å²) in [5, 5.41) is 2.72. The summed E-state index contributed by atoms with van der Waals surface area (Å²) in [7, 11) is -3.14. The lowest BCUT2D eigenvalue weighted by Crippen LogP contribution is -2.68. The molecular weight excluding hydrogens is 665 g/mol. The summed E-state index contributed by atoms with van der Waals surface area (Å²) in [6.45, 7) is 12.1. The summed E-state index contributed by atoms with van der Waals surface area (Å²) >= 11 is 7.14. The van der Waals surface area contributed by atoms with Gasteiger partial charge in [0, 0.05) is 32.7 Å². The minimum absolute atomic E-state index is 0.177. The lowest BCUT2D eigenvalue weighted by atomic mass is 10.1. The van der Waals surface area contributed by atoms with Crippen molar-refractivity contribution in [3.05, 3.63) is 119 Å². The van der Waals surface area contributed by atoms with E-state index in [4.69, 9.17) is 21.0 Å². The highest BCUT2D eigenvalue weighted by Gasteiger charge is 2.52. The molecule has 0 bridgehead atoms. The first-order valence-corrected chi connectivity index (χ1v) is 19.7. The predicted molar refractivity (Wildman–Crippen MR) is 204 cm³/mol. The third kappa shape index (κ3) is 6.33. The molecule has 2 aromatic heterocycles. The Morgan fingerprint density at radius 3 is 2.14 bits per heavy atom. The Balaban J connectivity index is 1.42. The van der Waals surface area contributed by atoms with Crippen molar-refractivity contribution in [1.29, 1.82) is 0 Å². The molecule has 0 amide bonds. The van der Waals surface area contributed by atoms with Crippen molar-refractivity contribution in [3.8, 4) is 17.0 Å². The van der Waals surface area contributed by atoms with E-state index in [1.165, 1.54) is 6.07 Å². The molecule has 2 fully saturated rings. The molecule has 7 nitrogen and oxygen atoms in total. The van der Waals surface area contributed by atoms with Crippen molar-refractivity contribution in [1.82, 2.24) is 19.4 Å². The van der Waals surface area contributed by atoms with E-state index in [2.05, 4.69) is 66.0 Å². The van der Waals surface area contributed by atoms with Crippen LogP contribution in [0.5, 0.6) is 5.75 Å². The summed E-state index contributed by atoms with van der Waals surface area (Å²) in [6.07, 6.45) is 6.21. The molecule has 1 aliphatic carbocycles. The van der Waals surface area contributed by atoms with Crippen LogP contribution in [-0.2, 0) is 6.54 Å². The van der Waals surface area contributed by atoms with E-state index in [1.807, 2.05) is 55.5 Å². The van der Waals surface area contributed by atoms with Crippen molar-refractivity contribution >= 4 is 47.1 Å². The number of halogens is 2. The number of aromatic nitrogens is 3. The maximum Gasteiger partial charge on any atom is 0.351 e. The minimum atomic E-state index is -3.14. The summed E-state index contributed by atoms with van der Waals surface area (Å²) in [4.78, 5) is 27.8. The highest BCUT2D eigenvalue weighted by Crippen LogP contribution is 2.43. The minimum Gasteiger partial charge on any atom is -0.533 e. The maximum atomic E-state index is 16.4. The second-order valence-electron chi connectivity index (χ2n) is 14.3. The van der Waals surface area contributed by atoms with E-state index in [9.17, 15) is 4.79 Å². The molecule has 10 heteroatoms. The first-order chi connectivity index (χ1) is 24.1. The van der Waals surface area contributed by atoms with E-state index in [-0.39, 0.29) is 27.0 Å². The second kappa shape index (κ2) is 13.7. The number of nitrogens with zero attached hydrogens (tertiary/aromatic N) is 5. The van der Waals surface area contributed by atoms with Gasteiger partial charge in [-0.2, -0.15) is 4.98 Å². The number of fused-ring (bicyclic) bond motifs is 1. The summed E-state index contributed by atoms with van der Waals surface area (Å²) in [5.74, 6) is 0.810. The van der Waals surface area contributed by atoms with Crippen LogP contribution in [0.1, 0.15) is 40.5 Å². The van der Waals surface area contributed by atoms with Crippen LogP contribution >= 0.6 is 11.6 Å². The van der Waals surface area contributed by atoms with Crippen LogP contribution in [0.25, 0.3) is 22.3 Å². The smallest absolute Gasteiger partial charge is 0.351 e. The van der Waals surface area contributed by atoms with Crippen LogP contribution in [-0.4, -0.2) is 53.9 Å². The van der Waals surface area contributed by atoms with Crippen LogP contribution in [0.3, 0.4) is 0 Å². The third-order valence-electron chi connectivity index (χ3n) is 9.89. The van der Waals surface area contributed by atoms with Crippen LogP contribution in [0, 0.1) is 11.7 Å². The van der Waals surface area contributed by atoms with Gasteiger partial charge in [0.15, 0.2) is 0 Å². The normalized spacial score (nSPS) is 15.6. The van der Waals surface area contributed by atoms with Gasteiger partial charge >= 0.3 is 14.0 Å². The van der Waals surface area contributed by atoms with Gasteiger partial charge in [-0.3, -0.25) is 4.57 Å². The highest BCUT2D eigenvalue weighted by atomic mass is 35.5. The Bertz CT molecular complexity index is 2050. The van der Waals surface area contributed by atoms with Crippen LogP contribution in [0.2, 0.25) is 10.1 Å². The number of rotatable bonds is 9. The third-order valence-corrected chi connectivity index (χ3v) is 15.1. The number of pyridine rings is 1. The lowest BCUT2D eigenvalue weighted by molar-refractivity contribution is 0.348. The van der Waals surface area contributed by atoms with Gasteiger partial charge in [-0.05, 0) is 65.5 Å². The number of piperazine rings is 1. The molecule has 1 saturated carbocycles. The van der Waals surface area contributed by atoms with E-state index in [0.717, 1.165) is 36.3 Å². The monoisotopic (exact) mass is 707 g/mol. The van der Waals surface area contributed by atoms with Crippen LogP contribution in [0.4, 0.5) is 10.2 Å². The molecule has 3 heterocycles. The van der Waals surface area contributed by atoms with E-state index in [0.29, 0.717) is 48.2 Å². The summed E-state index contributed by atoms with van der Waals surface area (Å²) in [5.41, 5.74) is 0.524. The first kappa shape index (κ1) is 34.0. The quantitative estimate of drug-likeness (QED) is 0.151. The lowest BCUT2D eigenvalue weighted by Gasteiger charge is -2.43. The van der Waals surface area contributed by atoms with E-state index < -0.39 is 14.1 Å². The van der Waals surface area contributed by atoms with Crippen molar-refractivity contribution in [2.24, 2.45) is 5.92 Å². The molecule has 7 rings (SSSR count). The Morgan fingerprint density at radius 2 is 1.56 bits per heavy atom. The largest absolute Gasteiger partial charge is 0.533 e. The summed E-state index contributed by atoms with van der Waals surface area (Å²) < 4.78 is 25.4. The molecule has 0 atom stereocenters. The van der Waals surface area contributed by atoms with Crippen LogP contribution < -0.4 is 25.4 Å². The molecule has 1 aliphatic heterocycles. The van der Waals surface area contributed by atoms with Gasteiger partial charge in [0.1, 0.15) is 23.0 Å². The van der Waals surface area contributed by atoms with Crippen molar-refractivity contribution in [3.63, 3.8) is 0 Å². The van der Waals surface area contributed by atoms with Gasteiger partial charge in [-0.1, -0.05) is 105 Å². The van der Waals surface area contributed by atoms with Gasteiger partial charge in [-0.25, -0.2) is 14.2 Å². The zero-order valence-corrected chi connectivity index (χ0v) is 30.8. The predicted octanol–water partition coefficient (Wildman–Crippen LogP) is 7.26. The molecule has 1 saturated heterocycles. The standard InChI is InChI=1S/C40H43ClFN5O2Si/c1-5-21-45-22-24-46(25-23-45)37-31-26-32(41)36(43-38(31)47(39(48)44-37)27-28-19-20-28)35-33(42)17-12-18-34(35)49-50(40(2,3)4,29-13-8-6-9-14-29)30-15-10-7-11-16-30/h5-18,21,26,28H,19-20,22-25,27H2,1-4H3. The summed E-state index contributed by atoms with van der Waals surface area (Å²) in [6, 6.07) is 27.2. The van der Waals surface area contributed by atoms with E-state index in [1.54, 1.807) is 16.7 Å². The van der Waals surface area contributed by atoms with E-state index >= 15 is 4.39 Å². The molecule has 5 aromatic rings. The fraction of sp³-hybridized carbons (Fsp3) is 0.325. The Hall–Kier alpha value is -4.47. The molecule has 0 spiro atoms. The average molecular weight is 708 g/mol. The number of allylic oxidation sites excluding steroid dienone is 1. The topological polar surface area (TPSA) is 63.5 Å². The fourth-order valence-electron chi connectivity index (χ4n) is 7.22. The number of hydrogen-bond acceptors (Lipinski definition) is 6. The molecule has 3 aromatic carbocycles. The zero-order chi connectivity index (χ0) is 35.0. The van der Waals surface area contributed by atoms with Crippen molar-refractivity contribution in [2.45, 2.75) is 52.1 Å². The van der Waals surface area contributed by atoms with Crippen molar-refractivity contribution in [2.75, 3.05) is 31.1 Å². The van der Waals surface area contributed by atoms with Gasteiger partial charge in [0.25, 0.3) is 0 Å².